The van der Waals surface area contributed by atoms with Crippen molar-refractivity contribution in [2.45, 2.75) is 27.2 Å². The molecule has 1 aromatic heterocycles. The molecule has 0 bridgehead atoms. The first-order valence-corrected chi connectivity index (χ1v) is 7.07. The predicted octanol–water partition coefficient (Wildman–Crippen LogP) is 3.72. The smallest absolute Gasteiger partial charge is 0.231 e. The molecule has 1 heterocycles. The third-order valence-corrected chi connectivity index (χ3v) is 3.59. The van der Waals surface area contributed by atoms with E-state index in [-0.39, 0.29) is 5.91 Å². The van der Waals surface area contributed by atoms with Crippen LogP contribution in [-0.4, -0.2) is 10.9 Å². The third kappa shape index (κ3) is 3.89. The van der Waals surface area contributed by atoms with E-state index in [1.807, 2.05) is 45.2 Å². The molecule has 1 amide bonds. The molecule has 4 heteroatoms. The van der Waals surface area contributed by atoms with Gasteiger partial charge in [-0.05, 0) is 5.56 Å². The highest BCUT2D eigenvalue weighted by atomic mass is 32.1. The van der Waals surface area contributed by atoms with Crippen molar-refractivity contribution in [3.63, 3.8) is 0 Å². The summed E-state index contributed by atoms with van der Waals surface area (Å²) in [6, 6.07) is 10.2. The van der Waals surface area contributed by atoms with Gasteiger partial charge in [0.1, 0.15) is 0 Å². The number of amides is 1. The Balaban J connectivity index is 2.02. The van der Waals surface area contributed by atoms with Crippen molar-refractivity contribution < 1.29 is 4.79 Å². The Morgan fingerprint density at radius 1 is 1.26 bits per heavy atom. The van der Waals surface area contributed by atoms with Crippen molar-refractivity contribution in [3.8, 4) is 0 Å². The number of anilines is 1. The van der Waals surface area contributed by atoms with Crippen LogP contribution in [0.1, 0.15) is 31.2 Å². The summed E-state index contributed by atoms with van der Waals surface area (Å²) in [5.74, 6) is -0.00638. The first-order chi connectivity index (χ1) is 8.95. The fourth-order valence-electron chi connectivity index (χ4n) is 1.53. The lowest BCUT2D eigenvalue weighted by Gasteiger charge is -2.15. The summed E-state index contributed by atoms with van der Waals surface area (Å²) in [5, 5.41) is 3.53. The summed E-state index contributed by atoms with van der Waals surface area (Å²) in [6.07, 6.45) is 2.68. The molecule has 0 fully saturated rings. The maximum atomic E-state index is 11.9. The molecule has 0 radical (unpaired) electrons. The molecule has 0 spiro atoms. The van der Waals surface area contributed by atoms with E-state index < -0.39 is 5.41 Å². The number of hydrogen-bond acceptors (Lipinski definition) is 3. The standard InChI is InChI=1S/C15H18N2OS/c1-15(2,3)13(18)17-14-16-10-12(19-14)9-11-7-5-4-6-8-11/h4-8,10H,9H2,1-3H3,(H,16,17,18). The molecule has 0 aliphatic heterocycles. The van der Waals surface area contributed by atoms with Crippen LogP contribution >= 0.6 is 11.3 Å². The molecular weight excluding hydrogens is 256 g/mol. The molecule has 1 N–H and O–H groups in total. The van der Waals surface area contributed by atoms with Gasteiger partial charge < -0.3 is 5.32 Å². The number of nitrogens with zero attached hydrogens (tertiary/aromatic N) is 1. The Hall–Kier alpha value is -1.68. The molecule has 0 atom stereocenters. The Bertz CT molecular complexity index is 555. The molecule has 0 saturated heterocycles. The summed E-state index contributed by atoms with van der Waals surface area (Å²) < 4.78 is 0. The fourth-order valence-corrected chi connectivity index (χ4v) is 2.37. The van der Waals surface area contributed by atoms with Crippen LogP contribution < -0.4 is 5.32 Å². The van der Waals surface area contributed by atoms with Gasteiger partial charge in [-0.25, -0.2) is 4.98 Å². The van der Waals surface area contributed by atoms with E-state index in [2.05, 4.69) is 22.4 Å². The van der Waals surface area contributed by atoms with Crippen molar-refractivity contribution in [2.24, 2.45) is 5.41 Å². The quantitative estimate of drug-likeness (QED) is 0.927. The van der Waals surface area contributed by atoms with Crippen LogP contribution in [0.4, 0.5) is 5.13 Å². The average molecular weight is 274 g/mol. The number of aromatic nitrogens is 1. The third-order valence-electron chi connectivity index (χ3n) is 2.68. The maximum absolute atomic E-state index is 11.9. The highest BCUT2D eigenvalue weighted by molar-refractivity contribution is 7.15. The van der Waals surface area contributed by atoms with Gasteiger partial charge in [0, 0.05) is 22.9 Å². The lowest BCUT2D eigenvalue weighted by atomic mass is 9.96. The van der Waals surface area contributed by atoms with Gasteiger partial charge >= 0.3 is 0 Å². The second kappa shape index (κ2) is 5.53. The summed E-state index contributed by atoms with van der Waals surface area (Å²) in [6.45, 7) is 5.67. The van der Waals surface area contributed by atoms with Gasteiger partial charge in [-0.1, -0.05) is 51.1 Å². The zero-order valence-corrected chi connectivity index (χ0v) is 12.3. The van der Waals surface area contributed by atoms with Gasteiger partial charge in [0.15, 0.2) is 5.13 Å². The Labute approximate surface area is 117 Å². The Morgan fingerprint density at radius 2 is 1.95 bits per heavy atom. The van der Waals surface area contributed by atoms with Crippen molar-refractivity contribution in [1.82, 2.24) is 4.98 Å². The highest BCUT2D eigenvalue weighted by Gasteiger charge is 2.22. The second-order valence-corrected chi connectivity index (χ2v) is 6.61. The molecule has 0 aliphatic carbocycles. The minimum atomic E-state index is -0.398. The minimum Gasteiger partial charge on any atom is -0.302 e. The summed E-state index contributed by atoms with van der Waals surface area (Å²) in [4.78, 5) is 17.3. The molecule has 1 aromatic carbocycles. The number of carbonyl (C=O) groups excluding carboxylic acids is 1. The van der Waals surface area contributed by atoms with Gasteiger partial charge in [0.2, 0.25) is 5.91 Å². The van der Waals surface area contributed by atoms with Crippen molar-refractivity contribution >= 4 is 22.4 Å². The van der Waals surface area contributed by atoms with Gasteiger partial charge in [-0.15, -0.1) is 11.3 Å². The zero-order valence-electron chi connectivity index (χ0n) is 11.4. The normalized spacial score (nSPS) is 11.3. The molecule has 2 aromatic rings. The fraction of sp³-hybridized carbons (Fsp3) is 0.333. The van der Waals surface area contributed by atoms with E-state index in [9.17, 15) is 4.79 Å². The number of benzene rings is 1. The Kier molecular flexibility index (Phi) is 4.00. The zero-order chi connectivity index (χ0) is 13.9. The average Bonchev–Trinajstić information content (AvgIpc) is 2.76. The molecule has 100 valence electrons. The van der Waals surface area contributed by atoms with E-state index in [1.165, 1.54) is 16.9 Å². The first kappa shape index (κ1) is 13.7. The van der Waals surface area contributed by atoms with Gasteiger partial charge in [-0.3, -0.25) is 4.79 Å². The Morgan fingerprint density at radius 3 is 2.58 bits per heavy atom. The molecule has 0 aliphatic rings. The minimum absolute atomic E-state index is 0.00638. The molecule has 2 rings (SSSR count). The summed E-state index contributed by atoms with van der Waals surface area (Å²) >= 11 is 1.53. The van der Waals surface area contributed by atoms with E-state index >= 15 is 0 Å². The monoisotopic (exact) mass is 274 g/mol. The van der Waals surface area contributed by atoms with Gasteiger partial charge in [0.25, 0.3) is 0 Å². The van der Waals surface area contributed by atoms with Crippen LogP contribution in [0.3, 0.4) is 0 Å². The second-order valence-electron chi connectivity index (χ2n) is 5.50. The van der Waals surface area contributed by atoms with Gasteiger partial charge in [0.05, 0.1) is 0 Å². The highest BCUT2D eigenvalue weighted by Crippen LogP contribution is 2.23. The number of rotatable bonds is 3. The van der Waals surface area contributed by atoms with E-state index in [1.54, 1.807) is 0 Å². The topological polar surface area (TPSA) is 42.0 Å². The predicted molar refractivity (Wildman–Crippen MR) is 79.4 cm³/mol. The molecule has 0 unspecified atom stereocenters. The number of nitrogens with one attached hydrogen (secondary N) is 1. The van der Waals surface area contributed by atoms with Gasteiger partial charge in [-0.2, -0.15) is 0 Å². The van der Waals surface area contributed by atoms with Crippen LogP contribution in [0, 0.1) is 5.41 Å². The largest absolute Gasteiger partial charge is 0.302 e. The van der Waals surface area contributed by atoms with Crippen molar-refractivity contribution in [3.05, 3.63) is 47.0 Å². The lowest BCUT2D eigenvalue weighted by Crippen LogP contribution is -2.27. The first-order valence-electron chi connectivity index (χ1n) is 6.25. The molecular formula is C15H18N2OS. The molecule has 0 saturated carbocycles. The summed E-state index contributed by atoms with van der Waals surface area (Å²) in [5.41, 5.74) is 0.852. The van der Waals surface area contributed by atoms with Crippen LogP contribution in [0.5, 0.6) is 0 Å². The van der Waals surface area contributed by atoms with Crippen LogP contribution in [0.2, 0.25) is 0 Å². The van der Waals surface area contributed by atoms with Crippen LogP contribution in [0.15, 0.2) is 36.5 Å². The van der Waals surface area contributed by atoms with E-state index in [0.717, 1.165) is 11.3 Å². The van der Waals surface area contributed by atoms with Crippen molar-refractivity contribution in [2.75, 3.05) is 5.32 Å². The number of hydrogen-bond donors (Lipinski definition) is 1. The van der Waals surface area contributed by atoms with E-state index in [4.69, 9.17) is 0 Å². The number of thiazole rings is 1. The summed E-state index contributed by atoms with van der Waals surface area (Å²) in [7, 11) is 0. The maximum Gasteiger partial charge on any atom is 0.231 e. The molecule has 3 nitrogen and oxygen atoms in total. The number of carbonyl (C=O) groups is 1. The van der Waals surface area contributed by atoms with E-state index in [0.29, 0.717) is 5.13 Å². The molecule has 19 heavy (non-hydrogen) atoms. The van der Waals surface area contributed by atoms with Crippen LogP contribution in [0.25, 0.3) is 0 Å². The van der Waals surface area contributed by atoms with Crippen LogP contribution in [-0.2, 0) is 11.2 Å². The lowest BCUT2D eigenvalue weighted by molar-refractivity contribution is -0.123. The van der Waals surface area contributed by atoms with Crippen molar-refractivity contribution in [1.29, 1.82) is 0 Å². The SMILES string of the molecule is CC(C)(C)C(=O)Nc1ncc(Cc2ccccc2)s1.